The maximum Gasteiger partial charge on any atom is 0.343 e. The molecule has 0 amide bonds. The third-order valence-electron chi connectivity index (χ3n) is 1.88. The van der Waals surface area contributed by atoms with Gasteiger partial charge < -0.3 is 14.9 Å². The van der Waals surface area contributed by atoms with E-state index in [9.17, 15) is 0 Å². The van der Waals surface area contributed by atoms with Crippen LogP contribution in [0.2, 0.25) is 0 Å². The van der Waals surface area contributed by atoms with Crippen molar-refractivity contribution in [3.8, 4) is 0 Å². The van der Waals surface area contributed by atoms with Gasteiger partial charge in [-0.1, -0.05) is 12.1 Å². The van der Waals surface area contributed by atoms with Crippen LogP contribution >= 0.6 is 0 Å². The van der Waals surface area contributed by atoms with Crippen molar-refractivity contribution in [2.45, 2.75) is 6.67 Å². The van der Waals surface area contributed by atoms with E-state index in [0.717, 1.165) is 6.67 Å². The molecule has 0 N–H and O–H groups in total. The van der Waals surface area contributed by atoms with Crippen LogP contribution in [-0.2, 0) is 6.67 Å². The molecule has 2 heterocycles. The number of hydrogen-bond acceptors (Lipinski definition) is 0. The lowest BCUT2D eigenvalue weighted by atomic mass is 10.5. The highest BCUT2D eigenvalue weighted by molar-refractivity contribution is 4.84. The van der Waals surface area contributed by atoms with Gasteiger partial charge in [-0.2, -0.15) is 0 Å². The second kappa shape index (κ2) is 6.71. The van der Waals surface area contributed by atoms with Gasteiger partial charge >= 0.3 is 6.67 Å². The van der Waals surface area contributed by atoms with Crippen molar-refractivity contribution < 1.29 is 9.13 Å². The fraction of sp³-hybridized carbons (Fsp3) is 0.0769. The van der Waals surface area contributed by atoms with Gasteiger partial charge in [-0.25, -0.2) is 0 Å². The zero-order chi connectivity index (χ0) is 8.93. The number of hydrogen-bond donors (Lipinski definition) is 0. The van der Waals surface area contributed by atoms with Crippen LogP contribution in [0.25, 0.3) is 0 Å². The summed E-state index contributed by atoms with van der Waals surface area (Å²) < 4.78 is 4.25. The lowest BCUT2D eigenvalue weighted by Gasteiger charge is -1.91. The van der Waals surface area contributed by atoms with Crippen LogP contribution in [-0.4, -0.2) is 0 Å². The highest BCUT2D eigenvalue weighted by Crippen LogP contribution is 1.77. The van der Waals surface area contributed by atoms with Crippen molar-refractivity contribution >= 4 is 0 Å². The number of nitrogens with zero attached hydrogens (tertiary/aromatic N) is 2. The van der Waals surface area contributed by atoms with Crippen molar-refractivity contribution in [3.05, 3.63) is 76.0 Å². The molecule has 0 radical (unpaired) electrons. The van der Waals surface area contributed by atoms with Gasteiger partial charge in [-0.3, -0.25) is 0 Å². The summed E-state index contributed by atoms with van der Waals surface area (Å²) in [5, 5.41) is 0. The first-order chi connectivity index (χ1) is 6.45. The predicted molar refractivity (Wildman–Crippen MR) is 61.5 cm³/mol. The Morgan fingerprint density at radius 1 is 0.533 bits per heavy atom. The Morgan fingerprint density at radius 2 is 0.867 bits per heavy atom. The molecule has 2 rings (SSSR count). The molecule has 2 aromatic rings. The fourth-order valence-corrected chi connectivity index (χ4v) is 1.25. The van der Waals surface area contributed by atoms with E-state index >= 15 is 0 Å². The Hall–Kier alpha value is -1.70. The first kappa shape index (κ1) is 13.3. The Kier molecular flexibility index (Phi) is 5.95. The quantitative estimate of drug-likeness (QED) is 0.517. The van der Waals surface area contributed by atoms with E-state index in [1.165, 1.54) is 0 Å². The standard InChI is InChI=1S/C11H12N2.2CH3/c1-3-7-12(8-4-1)11-13-9-5-2-6-10-13;;/h1-10H,11H2;2*1H3/q+2;2*-1. The lowest BCUT2D eigenvalue weighted by molar-refractivity contribution is -0.913. The van der Waals surface area contributed by atoms with E-state index in [2.05, 4.69) is 33.9 Å². The van der Waals surface area contributed by atoms with Crippen LogP contribution in [0.3, 0.4) is 0 Å². The summed E-state index contributed by atoms with van der Waals surface area (Å²) in [6.45, 7) is 0.863. The summed E-state index contributed by atoms with van der Waals surface area (Å²) in [4.78, 5) is 0. The predicted octanol–water partition coefficient (Wildman–Crippen LogP) is 1.67. The molecule has 2 aromatic heterocycles. The normalized spacial score (nSPS) is 8.53. The SMILES string of the molecule is [CH3-].[CH3-].c1cc[n+](C[n+]2ccccc2)cc1. The molecule has 0 bridgehead atoms. The van der Waals surface area contributed by atoms with Gasteiger partial charge in [0.05, 0.1) is 0 Å². The molecule has 0 aromatic carbocycles. The van der Waals surface area contributed by atoms with E-state index in [0.29, 0.717) is 0 Å². The van der Waals surface area contributed by atoms with Gasteiger partial charge in [-0.15, -0.1) is 9.13 Å². The summed E-state index contributed by atoms with van der Waals surface area (Å²) in [5.41, 5.74) is 0. The van der Waals surface area contributed by atoms with E-state index in [1.807, 2.05) is 36.4 Å². The van der Waals surface area contributed by atoms with Crippen molar-refractivity contribution in [3.63, 3.8) is 0 Å². The van der Waals surface area contributed by atoms with Gasteiger partial charge in [0, 0.05) is 24.3 Å². The van der Waals surface area contributed by atoms with Crippen molar-refractivity contribution in [1.29, 1.82) is 0 Å². The topological polar surface area (TPSA) is 7.76 Å². The average Bonchev–Trinajstić information content (AvgIpc) is 2.21. The molecular weight excluding hydrogens is 184 g/mol. The molecule has 0 atom stereocenters. The molecule has 0 aliphatic heterocycles. The fourth-order valence-electron chi connectivity index (χ4n) is 1.25. The van der Waals surface area contributed by atoms with Gasteiger partial charge in [0.25, 0.3) is 0 Å². The Bertz CT molecular complexity index is 319. The van der Waals surface area contributed by atoms with E-state index in [-0.39, 0.29) is 14.9 Å². The lowest BCUT2D eigenvalue weighted by Crippen LogP contribution is -2.50. The monoisotopic (exact) mass is 202 g/mol. The molecule has 2 heteroatoms. The van der Waals surface area contributed by atoms with E-state index in [1.54, 1.807) is 0 Å². The molecule has 0 aliphatic rings. The Morgan fingerprint density at radius 3 is 1.20 bits per heavy atom. The zero-order valence-corrected chi connectivity index (χ0v) is 9.38. The van der Waals surface area contributed by atoms with Crippen LogP contribution in [0, 0.1) is 14.9 Å². The van der Waals surface area contributed by atoms with Crippen LogP contribution in [0.15, 0.2) is 61.2 Å². The van der Waals surface area contributed by atoms with Crippen molar-refractivity contribution in [1.82, 2.24) is 0 Å². The summed E-state index contributed by atoms with van der Waals surface area (Å²) in [6.07, 6.45) is 8.22. The molecule has 0 spiro atoms. The van der Waals surface area contributed by atoms with Crippen LogP contribution in [0.5, 0.6) is 0 Å². The highest BCUT2D eigenvalue weighted by Gasteiger charge is 2.03. The summed E-state index contributed by atoms with van der Waals surface area (Å²) in [7, 11) is 0. The third kappa shape index (κ3) is 3.90. The summed E-state index contributed by atoms with van der Waals surface area (Å²) >= 11 is 0. The van der Waals surface area contributed by atoms with Crippen LogP contribution < -0.4 is 9.13 Å². The number of pyridine rings is 2. The molecule has 0 unspecified atom stereocenters. The van der Waals surface area contributed by atoms with E-state index in [4.69, 9.17) is 0 Å². The first-order valence-corrected chi connectivity index (χ1v) is 4.33. The van der Waals surface area contributed by atoms with Crippen LogP contribution in [0.4, 0.5) is 0 Å². The minimum Gasteiger partial charge on any atom is -0.358 e. The molecule has 0 saturated heterocycles. The van der Waals surface area contributed by atoms with Crippen molar-refractivity contribution in [2.24, 2.45) is 0 Å². The number of aromatic nitrogens is 2. The summed E-state index contributed by atoms with van der Waals surface area (Å²) in [5.74, 6) is 0. The second-order valence-corrected chi connectivity index (χ2v) is 2.92. The maximum absolute atomic E-state index is 2.12. The molecule has 80 valence electrons. The smallest absolute Gasteiger partial charge is 0.343 e. The van der Waals surface area contributed by atoms with Gasteiger partial charge in [0.1, 0.15) is 0 Å². The number of rotatable bonds is 2. The Labute approximate surface area is 92.5 Å². The Balaban J connectivity index is 0.000000980. The molecule has 0 saturated carbocycles. The molecule has 2 nitrogen and oxygen atoms in total. The highest BCUT2D eigenvalue weighted by atomic mass is 15.1. The third-order valence-corrected chi connectivity index (χ3v) is 1.88. The van der Waals surface area contributed by atoms with Gasteiger partial charge in [0.2, 0.25) is 0 Å². The second-order valence-electron chi connectivity index (χ2n) is 2.92. The molecule has 0 fully saturated rings. The molecule has 0 aliphatic carbocycles. The molecule has 15 heavy (non-hydrogen) atoms. The average molecular weight is 202 g/mol. The maximum atomic E-state index is 2.12. The van der Waals surface area contributed by atoms with Crippen molar-refractivity contribution in [2.75, 3.05) is 0 Å². The minimum absolute atomic E-state index is 0. The zero-order valence-electron chi connectivity index (χ0n) is 9.38. The minimum atomic E-state index is 0. The largest absolute Gasteiger partial charge is 0.358 e. The molecular formula is C13H18N2. The first-order valence-electron chi connectivity index (χ1n) is 4.33. The van der Waals surface area contributed by atoms with E-state index < -0.39 is 0 Å². The van der Waals surface area contributed by atoms with Crippen LogP contribution in [0.1, 0.15) is 0 Å². The van der Waals surface area contributed by atoms with Gasteiger partial charge in [-0.05, 0) is 0 Å². The summed E-state index contributed by atoms with van der Waals surface area (Å²) in [6, 6.07) is 12.2. The van der Waals surface area contributed by atoms with Gasteiger partial charge in [0.15, 0.2) is 24.8 Å².